The Morgan fingerprint density at radius 3 is 2.96 bits per heavy atom. The first-order chi connectivity index (χ1) is 11.6. The van der Waals surface area contributed by atoms with Gasteiger partial charge in [-0.25, -0.2) is 4.68 Å². The molecule has 0 radical (unpaired) electrons. The third kappa shape index (κ3) is 3.13. The first kappa shape index (κ1) is 16.1. The van der Waals surface area contributed by atoms with Crippen LogP contribution in [0, 0.1) is 10.1 Å². The van der Waals surface area contributed by atoms with Crippen molar-refractivity contribution >= 4 is 11.6 Å². The van der Waals surface area contributed by atoms with Gasteiger partial charge in [-0.2, -0.15) is 5.10 Å². The Bertz CT molecular complexity index is 758. The second-order valence-corrected chi connectivity index (χ2v) is 5.81. The lowest BCUT2D eigenvalue weighted by Crippen LogP contribution is -2.47. The van der Waals surface area contributed by atoms with Crippen molar-refractivity contribution in [3.8, 4) is 5.69 Å². The molecule has 2 N–H and O–H groups in total. The van der Waals surface area contributed by atoms with Crippen molar-refractivity contribution in [1.82, 2.24) is 14.7 Å². The fourth-order valence-electron chi connectivity index (χ4n) is 2.99. The zero-order chi connectivity index (χ0) is 17.1. The summed E-state index contributed by atoms with van der Waals surface area (Å²) in [5.41, 5.74) is 6.61. The van der Waals surface area contributed by atoms with Gasteiger partial charge in [-0.05, 0) is 31.4 Å². The number of rotatable bonds is 4. The highest BCUT2D eigenvalue weighted by Crippen LogP contribution is 2.20. The summed E-state index contributed by atoms with van der Waals surface area (Å²) in [6, 6.07) is 7.81. The van der Waals surface area contributed by atoms with Crippen molar-refractivity contribution < 1.29 is 9.72 Å². The standard InChI is InChI=1S/C16H19N5O3/c17-11-14-4-1-2-8-19(14)16(22)15-7-9-20(18-15)12-5-3-6-13(10-12)21(23)24/h3,5-7,9-10,14H,1-2,4,8,11,17H2. The van der Waals surface area contributed by atoms with E-state index in [1.807, 2.05) is 0 Å². The van der Waals surface area contributed by atoms with Crippen LogP contribution in [0.4, 0.5) is 5.69 Å². The van der Waals surface area contributed by atoms with E-state index >= 15 is 0 Å². The van der Waals surface area contributed by atoms with Crippen molar-refractivity contribution in [3.63, 3.8) is 0 Å². The summed E-state index contributed by atoms with van der Waals surface area (Å²) < 4.78 is 1.47. The van der Waals surface area contributed by atoms with Crippen LogP contribution in [0.5, 0.6) is 0 Å². The number of amides is 1. The number of piperidine rings is 1. The third-order valence-corrected chi connectivity index (χ3v) is 4.27. The Kier molecular flexibility index (Phi) is 4.57. The van der Waals surface area contributed by atoms with Crippen LogP contribution in [-0.2, 0) is 0 Å². The molecule has 2 aromatic rings. The summed E-state index contributed by atoms with van der Waals surface area (Å²) in [4.78, 5) is 24.9. The van der Waals surface area contributed by atoms with E-state index in [0.717, 1.165) is 19.3 Å². The second-order valence-electron chi connectivity index (χ2n) is 5.81. The van der Waals surface area contributed by atoms with Crippen LogP contribution < -0.4 is 5.73 Å². The highest BCUT2D eigenvalue weighted by molar-refractivity contribution is 5.92. The Morgan fingerprint density at radius 2 is 2.21 bits per heavy atom. The van der Waals surface area contributed by atoms with Crippen LogP contribution in [0.15, 0.2) is 36.5 Å². The van der Waals surface area contributed by atoms with E-state index in [1.54, 1.807) is 29.3 Å². The normalized spacial score (nSPS) is 17.7. The van der Waals surface area contributed by atoms with Gasteiger partial charge in [-0.3, -0.25) is 14.9 Å². The fourth-order valence-corrected chi connectivity index (χ4v) is 2.99. The molecule has 8 nitrogen and oxygen atoms in total. The molecule has 0 aliphatic carbocycles. The Morgan fingerprint density at radius 1 is 1.38 bits per heavy atom. The molecule has 0 saturated carbocycles. The molecule has 1 fully saturated rings. The molecule has 0 spiro atoms. The number of hydrogen-bond acceptors (Lipinski definition) is 5. The topological polar surface area (TPSA) is 107 Å². The number of aromatic nitrogens is 2. The van der Waals surface area contributed by atoms with Gasteiger partial charge in [-0.15, -0.1) is 0 Å². The van der Waals surface area contributed by atoms with E-state index in [1.165, 1.54) is 16.8 Å². The Balaban J connectivity index is 1.83. The lowest BCUT2D eigenvalue weighted by molar-refractivity contribution is -0.384. The highest BCUT2D eigenvalue weighted by Gasteiger charge is 2.27. The number of nitro benzene ring substituents is 1. The lowest BCUT2D eigenvalue weighted by Gasteiger charge is -2.34. The van der Waals surface area contributed by atoms with Gasteiger partial charge in [0.05, 0.1) is 10.6 Å². The van der Waals surface area contributed by atoms with Crippen LogP contribution in [0.1, 0.15) is 29.8 Å². The van der Waals surface area contributed by atoms with Gasteiger partial charge in [0.25, 0.3) is 11.6 Å². The molecule has 1 aliphatic heterocycles. The maximum Gasteiger partial charge on any atom is 0.274 e. The minimum Gasteiger partial charge on any atom is -0.333 e. The quantitative estimate of drug-likeness (QED) is 0.679. The summed E-state index contributed by atoms with van der Waals surface area (Å²) in [5.74, 6) is -0.144. The van der Waals surface area contributed by atoms with E-state index in [9.17, 15) is 14.9 Å². The Hall–Kier alpha value is -2.74. The van der Waals surface area contributed by atoms with Crippen LogP contribution >= 0.6 is 0 Å². The summed E-state index contributed by atoms with van der Waals surface area (Å²) in [6.45, 7) is 1.13. The van der Waals surface area contributed by atoms with Crippen molar-refractivity contribution in [1.29, 1.82) is 0 Å². The summed E-state index contributed by atoms with van der Waals surface area (Å²) in [5, 5.41) is 15.2. The molecule has 1 amide bonds. The maximum absolute atomic E-state index is 12.7. The summed E-state index contributed by atoms with van der Waals surface area (Å²) in [6.07, 6.45) is 4.59. The fraction of sp³-hybridized carbons (Fsp3) is 0.375. The molecule has 24 heavy (non-hydrogen) atoms. The number of likely N-dealkylation sites (tertiary alicyclic amines) is 1. The molecule has 1 saturated heterocycles. The van der Waals surface area contributed by atoms with Gasteiger partial charge in [0.1, 0.15) is 0 Å². The van der Waals surface area contributed by atoms with Crippen LogP contribution in [0.3, 0.4) is 0 Å². The third-order valence-electron chi connectivity index (χ3n) is 4.27. The van der Waals surface area contributed by atoms with E-state index in [4.69, 9.17) is 5.73 Å². The highest BCUT2D eigenvalue weighted by atomic mass is 16.6. The number of nitrogens with zero attached hydrogens (tertiary/aromatic N) is 4. The smallest absolute Gasteiger partial charge is 0.274 e. The largest absolute Gasteiger partial charge is 0.333 e. The molecule has 0 bridgehead atoms. The van der Waals surface area contributed by atoms with Gasteiger partial charge in [0.15, 0.2) is 5.69 Å². The SMILES string of the molecule is NCC1CCCCN1C(=O)c1ccn(-c2cccc([N+](=O)[O-])c2)n1. The van der Waals surface area contributed by atoms with E-state index < -0.39 is 4.92 Å². The molecular weight excluding hydrogens is 310 g/mol. The first-order valence-electron chi connectivity index (χ1n) is 7.91. The summed E-state index contributed by atoms with van der Waals surface area (Å²) >= 11 is 0. The first-order valence-corrected chi connectivity index (χ1v) is 7.91. The van der Waals surface area contributed by atoms with Crippen molar-refractivity contribution in [2.24, 2.45) is 5.73 Å². The van der Waals surface area contributed by atoms with Crippen LogP contribution in [-0.4, -0.2) is 44.6 Å². The number of carbonyl (C=O) groups excluding carboxylic acids is 1. The van der Waals surface area contributed by atoms with Gasteiger partial charge in [0.2, 0.25) is 0 Å². The molecular formula is C16H19N5O3. The minimum atomic E-state index is -0.460. The van der Waals surface area contributed by atoms with Gasteiger partial charge in [0, 0.05) is 37.5 Å². The number of hydrogen-bond donors (Lipinski definition) is 1. The number of carbonyl (C=O) groups is 1. The molecule has 1 atom stereocenters. The predicted octanol–water partition coefficient (Wildman–Crippen LogP) is 1.73. The average Bonchev–Trinajstić information content (AvgIpc) is 3.11. The lowest BCUT2D eigenvalue weighted by atomic mass is 10.0. The van der Waals surface area contributed by atoms with E-state index in [-0.39, 0.29) is 17.6 Å². The van der Waals surface area contributed by atoms with Gasteiger partial charge in [-0.1, -0.05) is 6.07 Å². The molecule has 1 aromatic carbocycles. The number of nitro groups is 1. The second kappa shape index (κ2) is 6.79. The van der Waals surface area contributed by atoms with Crippen molar-refractivity contribution in [2.45, 2.75) is 25.3 Å². The Labute approximate surface area is 139 Å². The van der Waals surface area contributed by atoms with Gasteiger partial charge >= 0.3 is 0 Å². The number of non-ortho nitro benzene ring substituents is 1. The molecule has 1 aromatic heterocycles. The van der Waals surface area contributed by atoms with E-state index in [0.29, 0.717) is 24.5 Å². The predicted molar refractivity (Wildman–Crippen MR) is 87.9 cm³/mol. The van der Waals surface area contributed by atoms with Crippen LogP contribution in [0.25, 0.3) is 5.69 Å². The molecule has 1 unspecified atom stereocenters. The van der Waals surface area contributed by atoms with Crippen LogP contribution in [0.2, 0.25) is 0 Å². The zero-order valence-corrected chi connectivity index (χ0v) is 13.2. The average molecular weight is 329 g/mol. The molecule has 2 heterocycles. The molecule has 126 valence electrons. The zero-order valence-electron chi connectivity index (χ0n) is 13.2. The van der Waals surface area contributed by atoms with Crippen molar-refractivity contribution in [3.05, 3.63) is 52.3 Å². The number of nitrogens with two attached hydrogens (primary N) is 1. The molecule has 8 heteroatoms. The minimum absolute atomic E-state index is 0.0184. The molecule has 1 aliphatic rings. The number of benzene rings is 1. The maximum atomic E-state index is 12.7. The monoisotopic (exact) mass is 329 g/mol. The van der Waals surface area contributed by atoms with Crippen molar-refractivity contribution in [2.75, 3.05) is 13.1 Å². The van der Waals surface area contributed by atoms with E-state index in [2.05, 4.69) is 5.10 Å². The van der Waals surface area contributed by atoms with Gasteiger partial charge < -0.3 is 10.6 Å². The summed E-state index contributed by atoms with van der Waals surface area (Å²) in [7, 11) is 0. The molecule has 3 rings (SSSR count).